The minimum Gasteiger partial charge on any atom is -0.357 e. The van der Waals surface area contributed by atoms with Crippen LogP contribution in [0.15, 0.2) is 29.3 Å². The minimum atomic E-state index is 0. The zero-order valence-electron chi connectivity index (χ0n) is 18.5. The fourth-order valence-corrected chi connectivity index (χ4v) is 4.15. The number of carbonyl (C=O) groups is 2. The van der Waals surface area contributed by atoms with Gasteiger partial charge in [0.05, 0.1) is 6.54 Å². The second-order valence-electron chi connectivity index (χ2n) is 8.14. The highest BCUT2D eigenvalue weighted by Crippen LogP contribution is 2.27. The summed E-state index contributed by atoms with van der Waals surface area (Å²) < 4.78 is 0. The summed E-state index contributed by atoms with van der Waals surface area (Å²) in [7, 11) is 0. The standard InChI is InChI=1S/C23H35N5O2.HI/c1-2-24-23(26-14-13-25-21(29)16-18-6-3-4-7-18)27-17-19-9-11-20(12-10-19)28-15-5-8-22(28)30;/h9-12,18H,2-8,13-17H2,1H3,(H,25,29)(H2,24,26,27);1H. The number of hydrogen-bond acceptors (Lipinski definition) is 3. The van der Waals surface area contributed by atoms with E-state index in [-0.39, 0.29) is 35.8 Å². The molecule has 1 aromatic carbocycles. The number of amides is 2. The van der Waals surface area contributed by atoms with Crippen LogP contribution in [0.1, 0.15) is 57.4 Å². The number of aliphatic imine (C=N–C) groups is 1. The van der Waals surface area contributed by atoms with E-state index >= 15 is 0 Å². The van der Waals surface area contributed by atoms with E-state index in [2.05, 4.69) is 20.9 Å². The van der Waals surface area contributed by atoms with Gasteiger partial charge in [0, 0.05) is 44.7 Å². The normalized spacial score (nSPS) is 16.9. The summed E-state index contributed by atoms with van der Waals surface area (Å²) >= 11 is 0. The molecule has 3 rings (SSSR count). The van der Waals surface area contributed by atoms with E-state index in [0.717, 1.165) is 36.7 Å². The molecule has 1 aliphatic carbocycles. The molecule has 0 unspecified atom stereocenters. The van der Waals surface area contributed by atoms with Gasteiger partial charge in [-0.3, -0.25) is 9.59 Å². The molecule has 8 heteroatoms. The van der Waals surface area contributed by atoms with E-state index in [9.17, 15) is 9.59 Å². The highest BCUT2D eigenvalue weighted by atomic mass is 127. The molecule has 0 radical (unpaired) electrons. The molecule has 1 aliphatic heterocycles. The van der Waals surface area contributed by atoms with Crippen molar-refractivity contribution in [1.29, 1.82) is 0 Å². The summed E-state index contributed by atoms with van der Waals surface area (Å²) in [5, 5.41) is 9.51. The molecule has 1 aromatic rings. The molecule has 2 fully saturated rings. The van der Waals surface area contributed by atoms with E-state index < -0.39 is 0 Å². The Kier molecular flexibility index (Phi) is 11.1. The van der Waals surface area contributed by atoms with Crippen LogP contribution in [0, 0.1) is 5.92 Å². The molecular weight excluding hydrogens is 505 g/mol. The third-order valence-electron chi connectivity index (χ3n) is 5.77. The maximum atomic E-state index is 12.0. The molecule has 0 aromatic heterocycles. The number of guanidine groups is 1. The Morgan fingerprint density at radius 1 is 1.06 bits per heavy atom. The minimum absolute atomic E-state index is 0. The zero-order valence-corrected chi connectivity index (χ0v) is 20.8. The van der Waals surface area contributed by atoms with Crippen molar-refractivity contribution in [2.45, 2.75) is 58.4 Å². The zero-order chi connectivity index (χ0) is 21.2. The van der Waals surface area contributed by atoms with Crippen LogP contribution in [0.3, 0.4) is 0 Å². The smallest absolute Gasteiger partial charge is 0.227 e. The monoisotopic (exact) mass is 541 g/mol. The largest absolute Gasteiger partial charge is 0.357 e. The van der Waals surface area contributed by atoms with Crippen molar-refractivity contribution in [2.24, 2.45) is 10.9 Å². The van der Waals surface area contributed by atoms with Gasteiger partial charge in [-0.25, -0.2) is 4.99 Å². The van der Waals surface area contributed by atoms with Gasteiger partial charge in [-0.2, -0.15) is 0 Å². The number of halogens is 1. The molecule has 172 valence electrons. The molecule has 0 spiro atoms. The summed E-state index contributed by atoms with van der Waals surface area (Å²) in [6.07, 6.45) is 7.15. The van der Waals surface area contributed by atoms with Crippen LogP contribution >= 0.6 is 24.0 Å². The molecule has 2 amide bonds. The summed E-state index contributed by atoms with van der Waals surface area (Å²) in [4.78, 5) is 30.3. The van der Waals surface area contributed by atoms with Gasteiger partial charge in [-0.1, -0.05) is 25.0 Å². The van der Waals surface area contributed by atoms with Crippen LogP contribution in [0.25, 0.3) is 0 Å². The van der Waals surface area contributed by atoms with Gasteiger partial charge in [0.25, 0.3) is 0 Å². The van der Waals surface area contributed by atoms with E-state index in [1.807, 2.05) is 36.1 Å². The molecule has 7 nitrogen and oxygen atoms in total. The number of carbonyl (C=O) groups excluding carboxylic acids is 2. The first kappa shape index (κ1) is 25.4. The first-order valence-electron chi connectivity index (χ1n) is 11.3. The lowest BCUT2D eigenvalue weighted by molar-refractivity contribution is -0.122. The van der Waals surface area contributed by atoms with Crippen LogP contribution in [0.4, 0.5) is 5.69 Å². The number of nitrogens with zero attached hydrogens (tertiary/aromatic N) is 2. The first-order valence-corrected chi connectivity index (χ1v) is 11.3. The predicted octanol–water partition coefficient (Wildman–Crippen LogP) is 3.18. The number of anilines is 1. The molecule has 0 bridgehead atoms. The molecule has 1 saturated heterocycles. The van der Waals surface area contributed by atoms with Gasteiger partial charge < -0.3 is 20.9 Å². The van der Waals surface area contributed by atoms with Crippen LogP contribution in [0.5, 0.6) is 0 Å². The Morgan fingerprint density at radius 2 is 1.77 bits per heavy atom. The second-order valence-corrected chi connectivity index (χ2v) is 8.14. The van der Waals surface area contributed by atoms with Gasteiger partial charge in [0.2, 0.25) is 11.8 Å². The average molecular weight is 541 g/mol. The van der Waals surface area contributed by atoms with E-state index in [0.29, 0.717) is 38.4 Å². The summed E-state index contributed by atoms with van der Waals surface area (Å²) in [5.41, 5.74) is 2.05. The molecule has 31 heavy (non-hydrogen) atoms. The van der Waals surface area contributed by atoms with Gasteiger partial charge in [0.1, 0.15) is 0 Å². The Balaban J connectivity index is 0.00000341. The Bertz CT molecular complexity index is 732. The average Bonchev–Trinajstić information content (AvgIpc) is 3.41. The second kappa shape index (κ2) is 13.5. The van der Waals surface area contributed by atoms with Gasteiger partial charge >= 0.3 is 0 Å². The van der Waals surface area contributed by atoms with Crippen molar-refractivity contribution in [3.05, 3.63) is 29.8 Å². The van der Waals surface area contributed by atoms with Crippen LogP contribution in [-0.4, -0.2) is 44.0 Å². The third kappa shape index (κ3) is 8.31. The topological polar surface area (TPSA) is 85.8 Å². The quantitative estimate of drug-likeness (QED) is 0.194. The highest BCUT2D eigenvalue weighted by molar-refractivity contribution is 14.0. The number of nitrogens with one attached hydrogen (secondary N) is 3. The summed E-state index contributed by atoms with van der Waals surface area (Å²) in [6.45, 7) is 5.39. The lowest BCUT2D eigenvalue weighted by Crippen LogP contribution is -2.41. The lowest BCUT2D eigenvalue weighted by atomic mass is 10.0. The van der Waals surface area contributed by atoms with Gasteiger partial charge in [-0.15, -0.1) is 24.0 Å². The van der Waals surface area contributed by atoms with Crippen LogP contribution in [0.2, 0.25) is 0 Å². The lowest BCUT2D eigenvalue weighted by Gasteiger charge is -2.16. The molecule has 2 aliphatic rings. The highest BCUT2D eigenvalue weighted by Gasteiger charge is 2.21. The SMILES string of the molecule is CCNC(=NCc1ccc(N2CCCC2=O)cc1)NCCNC(=O)CC1CCCC1.I. The molecule has 0 atom stereocenters. The Morgan fingerprint density at radius 3 is 2.42 bits per heavy atom. The van der Waals surface area contributed by atoms with Crippen molar-refractivity contribution in [2.75, 3.05) is 31.1 Å². The van der Waals surface area contributed by atoms with Crippen LogP contribution in [-0.2, 0) is 16.1 Å². The third-order valence-corrected chi connectivity index (χ3v) is 5.77. The van der Waals surface area contributed by atoms with Crippen molar-refractivity contribution in [3.8, 4) is 0 Å². The van der Waals surface area contributed by atoms with E-state index in [4.69, 9.17) is 0 Å². The Labute approximate surface area is 202 Å². The van der Waals surface area contributed by atoms with Crippen molar-refractivity contribution >= 4 is 47.4 Å². The summed E-state index contributed by atoms with van der Waals surface area (Å²) in [5.74, 6) is 1.67. The first-order chi connectivity index (χ1) is 14.7. The van der Waals surface area contributed by atoms with Crippen molar-refractivity contribution in [1.82, 2.24) is 16.0 Å². The van der Waals surface area contributed by atoms with Crippen molar-refractivity contribution < 1.29 is 9.59 Å². The Hall–Kier alpha value is -1.84. The fourth-order valence-electron chi connectivity index (χ4n) is 4.15. The van der Waals surface area contributed by atoms with E-state index in [1.54, 1.807) is 0 Å². The molecule has 1 heterocycles. The maximum Gasteiger partial charge on any atom is 0.227 e. The van der Waals surface area contributed by atoms with E-state index in [1.165, 1.54) is 25.7 Å². The number of rotatable bonds is 9. The fraction of sp³-hybridized carbons (Fsp3) is 0.609. The maximum absolute atomic E-state index is 12.0. The van der Waals surface area contributed by atoms with Crippen molar-refractivity contribution in [3.63, 3.8) is 0 Å². The summed E-state index contributed by atoms with van der Waals surface area (Å²) in [6, 6.07) is 8.04. The molecular formula is C23H36IN5O2. The number of hydrogen-bond donors (Lipinski definition) is 3. The van der Waals surface area contributed by atoms with Crippen LogP contribution < -0.4 is 20.9 Å². The van der Waals surface area contributed by atoms with Gasteiger partial charge in [0.15, 0.2) is 5.96 Å². The predicted molar refractivity (Wildman–Crippen MR) is 136 cm³/mol. The van der Waals surface area contributed by atoms with Gasteiger partial charge in [-0.05, 0) is 49.8 Å². The number of benzene rings is 1. The molecule has 1 saturated carbocycles. The molecule has 3 N–H and O–H groups in total.